The molecule has 1 N–H and O–H groups in total. The van der Waals surface area contributed by atoms with Gasteiger partial charge in [0.05, 0.1) is 17.2 Å². The van der Waals surface area contributed by atoms with Crippen LogP contribution in [0.15, 0.2) is 77.7 Å². The molecule has 0 radical (unpaired) electrons. The van der Waals surface area contributed by atoms with Crippen LogP contribution >= 0.6 is 23.2 Å². The van der Waals surface area contributed by atoms with Gasteiger partial charge in [0.1, 0.15) is 18.3 Å². The Bertz CT molecular complexity index is 1450. The Morgan fingerprint density at radius 1 is 0.927 bits per heavy atom. The Morgan fingerprint density at radius 3 is 2.17 bits per heavy atom. The van der Waals surface area contributed by atoms with E-state index in [1.807, 2.05) is 13.8 Å². The number of nitrogens with one attached hydrogen (secondary N) is 1. The van der Waals surface area contributed by atoms with Gasteiger partial charge in [-0.15, -0.1) is 0 Å². The van der Waals surface area contributed by atoms with Crippen LogP contribution in [0.4, 0.5) is 5.69 Å². The molecular formula is C30H35Cl2N3O5S. The minimum absolute atomic E-state index is 0.00443. The molecule has 1 atom stereocenters. The van der Waals surface area contributed by atoms with Crippen LogP contribution in [-0.2, 0) is 26.2 Å². The van der Waals surface area contributed by atoms with Crippen LogP contribution in [0, 0.1) is 0 Å². The lowest BCUT2D eigenvalue weighted by atomic mass is 10.1. The quantitative estimate of drug-likeness (QED) is 0.256. The number of carbonyl (C=O) groups excluding carboxylic acids is 2. The summed E-state index contributed by atoms with van der Waals surface area (Å²) in [5.41, 5.74) is 0.815. The zero-order chi connectivity index (χ0) is 30.2. The molecule has 0 aliphatic rings. The first-order chi connectivity index (χ1) is 19.5. The van der Waals surface area contributed by atoms with E-state index in [0.717, 1.165) is 4.31 Å². The molecule has 3 rings (SSSR count). The van der Waals surface area contributed by atoms with Crippen molar-refractivity contribution in [2.24, 2.45) is 0 Å². The molecule has 0 aromatic heterocycles. The fourth-order valence-electron chi connectivity index (χ4n) is 4.30. The summed E-state index contributed by atoms with van der Waals surface area (Å²) in [4.78, 5) is 28.7. The molecule has 41 heavy (non-hydrogen) atoms. The number of hydrogen-bond donors (Lipinski definition) is 1. The molecule has 0 aliphatic carbocycles. The van der Waals surface area contributed by atoms with Gasteiger partial charge in [0.25, 0.3) is 10.0 Å². The number of hydrogen-bond acceptors (Lipinski definition) is 5. The molecular weight excluding hydrogens is 585 g/mol. The Morgan fingerprint density at radius 2 is 1.56 bits per heavy atom. The van der Waals surface area contributed by atoms with Crippen molar-refractivity contribution in [2.75, 3.05) is 17.5 Å². The highest BCUT2D eigenvalue weighted by Gasteiger charge is 2.35. The maximum absolute atomic E-state index is 14.2. The fraction of sp³-hybridized carbons (Fsp3) is 0.333. The molecule has 0 aliphatic heterocycles. The molecule has 11 heteroatoms. The van der Waals surface area contributed by atoms with Gasteiger partial charge in [0, 0.05) is 22.6 Å². The number of rotatable bonds is 13. The standard InChI is InChI=1S/C30H35Cl2N3O5S/c1-5-26(30(37)33-21(3)4)34(19-22-11-7-8-12-25(22)32)29(36)20-35(27-13-9-10-14-28(27)40-6-2)41(38,39)24-17-15-23(31)16-18-24/h7-18,21,26H,5-6,19-20H2,1-4H3,(H,33,37). The van der Waals surface area contributed by atoms with E-state index in [1.54, 1.807) is 62.4 Å². The van der Waals surface area contributed by atoms with Crippen LogP contribution in [0.1, 0.15) is 39.7 Å². The average Bonchev–Trinajstić information content (AvgIpc) is 2.93. The minimum Gasteiger partial charge on any atom is -0.492 e. The Balaban J connectivity index is 2.13. The Hall–Kier alpha value is -3.27. The number of anilines is 1. The summed E-state index contributed by atoms with van der Waals surface area (Å²) in [5.74, 6) is -0.633. The number of ether oxygens (including phenoxy) is 1. The molecule has 8 nitrogen and oxygen atoms in total. The third-order valence-electron chi connectivity index (χ3n) is 6.23. The first-order valence-electron chi connectivity index (χ1n) is 13.3. The van der Waals surface area contributed by atoms with Crippen LogP contribution in [0.25, 0.3) is 0 Å². The van der Waals surface area contributed by atoms with E-state index < -0.39 is 28.5 Å². The van der Waals surface area contributed by atoms with Crippen LogP contribution in [0.3, 0.4) is 0 Å². The van der Waals surface area contributed by atoms with E-state index in [9.17, 15) is 18.0 Å². The minimum atomic E-state index is -4.27. The van der Waals surface area contributed by atoms with E-state index in [4.69, 9.17) is 27.9 Å². The second-order valence-corrected chi connectivity index (χ2v) is 12.3. The lowest BCUT2D eigenvalue weighted by molar-refractivity contribution is -0.140. The van der Waals surface area contributed by atoms with Crippen molar-refractivity contribution >= 4 is 50.7 Å². The molecule has 0 spiro atoms. The average molecular weight is 621 g/mol. The largest absolute Gasteiger partial charge is 0.492 e. The maximum Gasteiger partial charge on any atom is 0.264 e. The van der Waals surface area contributed by atoms with Gasteiger partial charge in [-0.1, -0.05) is 60.5 Å². The van der Waals surface area contributed by atoms with Crippen molar-refractivity contribution in [3.05, 3.63) is 88.4 Å². The van der Waals surface area contributed by atoms with Gasteiger partial charge in [0.15, 0.2) is 0 Å². The van der Waals surface area contributed by atoms with Gasteiger partial charge in [-0.05, 0) is 75.2 Å². The molecule has 0 heterocycles. The zero-order valence-corrected chi connectivity index (χ0v) is 25.8. The van der Waals surface area contributed by atoms with Crippen molar-refractivity contribution in [1.82, 2.24) is 10.2 Å². The maximum atomic E-state index is 14.2. The molecule has 2 amide bonds. The van der Waals surface area contributed by atoms with Gasteiger partial charge in [-0.3, -0.25) is 13.9 Å². The predicted octanol–water partition coefficient (Wildman–Crippen LogP) is 5.92. The van der Waals surface area contributed by atoms with Crippen molar-refractivity contribution < 1.29 is 22.7 Å². The van der Waals surface area contributed by atoms with E-state index in [2.05, 4.69) is 5.32 Å². The van der Waals surface area contributed by atoms with Gasteiger partial charge in [-0.2, -0.15) is 0 Å². The van der Waals surface area contributed by atoms with Gasteiger partial charge in [-0.25, -0.2) is 8.42 Å². The summed E-state index contributed by atoms with van der Waals surface area (Å²) in [7, 11) is -4.27. The third-order valence-corrected chi connectivity index (χ3v) is 8.62. The number of nitrogens with zero attached hydrogens (tertiary/aromatic N) is 2. The lowest BCUT2D eigenvalue weighted by Gasteiger charge is -2.34. The van der Waals surface area contributed by atoms with E-state index in [-0.39, 0.29) is 35.7 Å². The molecule has 0 saturated carbocycles. The summed E-state index contributed by atoms with van der Waals surface area (Å²) in [6, 6.07) is 18.3. The van der Waals surface area contributed by atoms with Crippen molar-refractivity contribution in [1.29, 1.82) is 0 Å². The molecule has 0 saturated heterocycles. The smallest absolute Gasteiger partial charge is 0.264 e. The van der Waals surface area contributed by atoms with Crippen molar-refractivity contribution in [3.8, 4) is 5.75 Å². The summed E-state index contributed by atoms with van der Waals surface area (Å²) < 4.78 is 34.8. The molecule has 3 aromatic rings. The zero-order valence-electron chi connectivity index (χ0n) is 23.5. The van der Waals surface area contributed by atoms with Crippen LogP contribution in [-0.4, -0.2) is 50.4 Å². The second-order valence-electron chi connectivity index (χ2n) is 9.57. The molecule has 1 unspecified atom stereocenters. The highest BCUT2D eigenvalue weighted by Crippen LogP contribution is 2.33. The fourth-order valence-corrected chi connectivity index (χ4v) is 6.04. The molecule has 3 aromatic carbocycles. The summed E-state index contributed by atoms with van der Waals surface area (Å²) in [6.07, 6.45) is 0.300. The number of sulfonamides is 1. The molecule has 0 fully saturated rings. The van der Waals surface area contributed by atoms with Crippen LogP contribution in [0.5, 0.6) is 5.75 Å². The SMILES string of the molecule is CCOc1ccccc1N(CC(=O)N(Cc1ccccc1Cl)C(CC)C(=O)NC(C)C)S(=O)(=O)c1ccc(Cl)cc1. The van der Waals surface area contributed by atoms with Crippen molar-refractivity contribution in [2.45, 2.75) is 57.6 Å². The first-order valence-corrected chi connectivity index (χ1v) is 15.5. The number of halogens is 2. The number of para-hydroxylation sites is 2. The Kier molecular flexibility index (Phi) is 11.5. The van der Waals surface area contributed by atoms with Crippen LogP contribution < -0.4 is 14.4 Å². The highest BCUT2D eigenvalue weighted by atomic mass is 35.5. The second kappa shape index (κ2) is 14.6. The summed E-state index contributed by atoms with van der Waals surface area (Å²) >= 11 is 12.5. The topological polar surface area (TPSA) is 96.0 Å². The highest BCUT2D eigenvalue weighted by molar-refractivity contribution is 7.92. The third kappa shape index (κ3) is 8.15. The van der Waals surface area contributed by atoms with Gasteiger partial charge in [0.2, 0.25) is 11.8 Å². The van der Waals surface area contributed by atoms with Gasteiger partial charge < -0.3 is 15.0 Å². The summed E-state index contributed by atoms with van der Waals surface area (Å²) in [6.45, 7) is 6.93. The van der Waals surface area contributed by atoms with E-state index in [1.165, 1.54) is 29.2 Å². The van der Waals surface area contributed by atoms with Crippen LogP contribution in [0.2, 0.25) is 10.0 Å². The predicted molar refractivity (Wildman–Crippen MR) is 163 cm³/mol. The van der Waals surface area contributed by atoms with E-state index in [0.29, 0.717) is 27.8 Å². The first kappa shape index (κ1) is 32.2. The molecule has 0 bridgehead atoms. The molecule has 220 valence electrons. The lowest BCUT2D eigenvalue weighted by Crippen LogP contribution is -2.53. The van der Waals surface area contributed by atoms with Gasteiger partial charge >= 0.3 is 0 Å². The Labute approximate surface area is 252 Å². The van der Waals surface area contributed by atoms with Crippen molar-refractivity contribution in [3.63, 3.8) is 0 Å². The number of benzene rings is 3. The van der Waals surface area contributed by atoms with E-state index >= 15 is 0 Å². The monoisotopic (exact) mass is 619 g/mol. The number of carbonyl (C=O) groups is 2. The number of amides is 2. The normalized spacial score (nSPS) is 12.1. The summed E-state index contributed by atoms with van der Waals surface area (Å²) in [5, 5.41) is 3.67.